The van der Waals surface area contributed by atoms with E-state index in [2.05, 4.69) is 20.5 Å². The highest BCUT2D eigenvalue weighted by atomic mass is 32.2. The second kappa shape index (κ2) is 9.59. The summed E-state index contributed by atoms with van der Waals surface area (Å²) in [7, 11) is -2.29. The summed E-state index contributed by atoms with van der Waals surface area (Å²) in [5.74, 6) is 0.464. The molecule has 9 nitrogen and oxygen atoms in total. The average molecular weight is 440 g/mol. The molecule has 1 atom stereocenters. The van der Waals surface area contributed by atoms with Crippen LogP contribution in [0.15, 0.2) is 34.6 Å². The molecule has 3 rings (SSSR count). The summed E-state index contributed by atoms with van der Waals surface area (Å²) in [6.45, 7) is 2.87. The summed E-state index contributed by atoms with van der Waals surface area (Å²) in [4.78, 5) is 16.7. The molecular weight excluding hydrogens is 414 g/mol. The molecule has 1 aliphatic heterocycles. The lowest BCUT2D eigenvalue weighted by Crippen LogP contribution is -2.45. The number of sulfonamides is 1. The zero-order valence-electron chi connectivity index (χ0n) is 16.4. The molecule has 2 aromatic rings. The molecule has 0 saturated carbocycles. The quantitative estimate of drug-likeness (QED) is 0.472. The number of hydrogen-bond donors (Lipinski definition) is 2. The Hall–Kier alpha value is -2.11. The third kappa shape index (κ3) is 5.28. The lowest BCUT2D eigenvalue weighted by molar-refractivity contribution is -0.125. The minimum atomic E-state index is -3.74. The predicted molar refractivity (Wildman–Crippen MR) is 109 cm³/mol. The second-order valence-corrected chi connectivity index (χ2v) is 9.78. The van der Waals surface area contributed by atoms with Crippen LogP contribution in [0.4, 0.5) is 0 Å². The Bertz CT molecular complexity index is 934. The summed E-state index contributed by atoms with van der Waals surface area (Å²) in [6.07, 6.45) is 2.73. The third-order valence-electron chi connectivity index (χ3n) is 4.72. The molecule has 2 heterocycles. The van der Waals surface area contributed by atoms with Crippen molar-refractivity contribution in [1.82, 2.24) is 24.8 Å². The number of aromatic nitrogens is 3. The summed E-state index contributed by atoms with van der Waals surface area (Å²) < 4.78 is 33.0. The fraction of sp³-hybridized carbons (Fsp3) is 0.500. The van der Waals surface area contributed by atoms with E-state index in [4.69, 9.17) is 4.74 Å². The number of carbonyl (C=O) groups excluding carboxylic acids is 1. The van der Waals surface area contributed by atoms with Gasteiger partial charge < -0.3 is 10.1 Å². The first kappa shape index (κ1) is 21.6. The Morgan fingerprint density at radius 2 is 2.28 bits per heavy atom. The standard InChI is InChI=1S/C18H25N5O4S2/c1-13-5-6-15(27-2)16(10-13)29(25,26)23-8-3-4-14(11-23)17(24)19-7-9-28-18-20-12-21-22-18/h5-6,10,12,14H,3-4,7-9,11H2,1-2H3,(H,19,24)(H,20,21,22). The summed E-state index contributed by atoms with van der Waals surface area (Å²) in [5, 5.41) is 10.1. The lowest BCUT2D eigenvalue weighted by atomic mass is 9.99. The summed E-state index contributed by atoms with van der Waals surface area (Å²) in [5.41, 5.74) is 0.833. The van der Waals surface area contributed by atoms with E-state index in [1.54, 1.807) is 18.2 Å². The van der Waals surface area contributed by atoms with Crippen LogP contribution in [0.25, 0.3) is 0 Å². The molecule has 2 N–H and O–H groups in total. The molecule has 0 bridgehead atoms. The van der Waals surface area contributed by atoms with Crippen LogP contribution in [0.5, 0.6) is 5.75 Å². The van der Waals surface area contributed by atoms with E-state index < -0.39 is 10.0 Å². The van der Waals surface area contributed by atoms with Gasteiger partial charge in [-0.15, -0.1) is 0 Å². The Kier molecular flexibility index (Phi) is 7.14. The van der Waals surface area contributed by atoms with Gasteiger partial charge in [-0.25, -0.2) is 13.4 Å². The van der Waals surface area contributed by atoms with E-state index in [9.17, 15) is 13.2 Å². The lowest BCUT2D eigenvalue weighted by Gasteiger charge is -2.31. The highest BCUT2D eigenvalue weighted by molar-refractivity contribution is 7.99. The number of aromatic amines is 1. The van der Waals surface area contributed by atoms with Crippen LogP contribution in [0.2, 0.25) is 0 Å². The van der Waals surface area contributed by atoms with Crippen molar-refractivity contribution in [2.45, 2.75) is 29.8 Å². The van der Waals surface area contributed by atoms with Crippen molar-refractivity contribution in [2.75, 3.05) is 32.5 Å². The normalized spacial score (nSPS) is 17.8. The van der Waals surface area contributed by atoms with E-state index >= 15 is 0 Å². The molecular formula is C18H25N5O4S2. The van der Waals surface area contributed by atoms with Crippen molar-refractivity contribution in [2.24, 2.45) is 5.92 Å². The maximum absolute atomic E-state index is 13.2. The molecule has 1 aromatic carbocycles. The van der Waals surface area contributed by atoms with Crippen LogP contribution in [0.3, 0.4) is 0 Å². The van der Waals surface area contributed by atoms with Gasteiger partial charge in [0.05, 0.1) is 13.0 Å². The first-order chi connectivity index (χ1) is 13.9. The number of aryl methyl sites for hydroxylation is 1. The number of methoxy groups -OCH3 is 1. The van der Waals surface area contributed by atoms with E-state index in [0.717, 1.165) is 5.56 Å². The molecule has 11 heteroatoms. The number of H-pyrrole nitrogens is 1. The number of piperidine rings is 1. The summed E-state index contributed by atoms with van der Waals surface area (Å²) in [6, 6.07) is 5.07. The van der Waals surface area contributed by atoms with Crippen molar-refractivity contribution in [3.8, 4) is 5.75 Å². The summed E-state index contributed by atoms with van der Waals surface area (Å²) >= 11 is 1.46. The smallest absolute Gasteiger partial charge is 0.246 e. The number of hydrogen-bond acceptors (Lipinski definition) is 7. The van der Waals surface area contributed by atoms with E-state index in [-0.39, 0.29) is 23.3 Å². The molecule has 158 valence electrons. The van der Waals surface area contributed by atoms with Crippen molar-refractivity contribution >= 4 is 27.7 Å². The van der Waals surface area contributed by atoms with Crippen LogP contribution in [-0.2, 0) is 14.8 Å². The Balaban J connectivity index is 1.60. The molecule has 1 fully saturated rings. The molecule has 29 heavy (non-hydrogen) atoms. The number of benzene rings is 1. The maximum atomic E-state index is 13.2. The molecule has 1 unspecified atom stereocenters. The monoisotopic (exact) mass is 439 g/mol. The van der Waals surface area contributed by atoms with Crippen LogP contribution >= 0.6 is 11.8 Å². The predicted octanol–water partition coefficient (Wildman–Crippen LogP) is 1.43. The zero-order chi connectivity index (χ0) is 20.9. The number of rotatable bonds is 8. The van der Waals surface area contributed by atoms with Gasteiger partial charge in [-0.3, -0.25) is 9.89 Å². The first-order valence-electron chi connectivity index (χ1n) is 9.32. The molecule has 0 radical (unpaired) electrons. The Labute approximate surface area is 174 Å². The third-order valence-corrected chi connectivity index (χ3v) is 7.49. The highest BCUT2D eigenvalue weighted by Crippen LogP contribution is 2.30. The van der Waals surface area contributed by atoms with Gasteiger partial charge in [-0.05, 0) is 37.5 Å². The van der Waals surface area contributed by atoms with Crippen LogP contribution in [0, 0.1) is 12.8 Å². The van der Waals surface area contributed by atoms with Crippen molar-refractivity contribution in [3.63, 3.8) is 0 Å². The van der Waals surface area contributed by atoms with Gasteiger partial charge in [-0.1, -0.05) is 17.8 Å². The fourth-order valence-corrected chi connectivity index (χ4v) is 5.63. The van der Waals surface area contributed by atoms with Gasteiger partial charge >= 0.3 is 0 Å². The van der Waals surface area contributed by atoms with E-state index in [1.807, 2.05) is 6.92 Å². The van der Waals surface area contributed by atoms with Crippen LogP contribution in [0.1, 0.15) is 18.4 Å². The number of ether oxygens (including phenoxy) is 1. The minimum absolute atomic E-state index is 0.126. The fourth-order valence-electron chi connectivity index (χ4n) is 3.23. The second-order valence-electron chi connectivity index (χ2n) is 6.79. The number of thioether (sulfide) groups is 1. The molecule has 0 spiro atoms. The minimum Gasteiger partial charge on any atom is -0.495 e. The van der Waals surface area contributed by atoms with Gasteiger partial charge in [0, 0.05) is 25.4 Å². The van der Waals surface area contributed by atoms with E-state index in [1.165, 1.54) is 29.5 Å². The maximum Gasteiger partial charge on any atom is 0.246 e. The largest absolute Gasteiger partial charge is 0.495 e. The Morgan fingerprint density at radius 1 is 1.45 bits per heavy atom. The van der Waals surface area contributed by atoms with Gasteiger partial charge in [-0.2, -0.15) is 9.40 Å². The highest BCUT2D eigenvalue weighted by Gasteiger charge is 2.34. The first-order valence-corrected chi connectivity index (χ1v) is 11.7. The van der Waals surface area contributed by atoms with Crippen LogP contribution < -0.4 is 10.1 Å². The molecule has 0 aliphatic carbocycles. The number of nitrogens with one attached hydrogen (secondary N) is 2. The molecule has 1 amide bonds. The topological polar surface area (TPSA) is 117 Å². The van der Waals surface area contributed by atoms with Crippen molar-refractivity contribution in [3.05, 3.63) is 30.1 Å². The average Bonchev–Trinajstić information content (AvgIpc) is 3.24. The van der Waals surface area contributed by atoms with Gasteiger partial charge in [0.2, 0.25) is 15.9 Å². The van der Waals surface area contributed by atoms with Gasteiger partial charge in [0.15, 0.2) is 5.16 Å². The van der Waals surface area contributed by atoms with Crippen molar-refractivity contribution < 1.29 is 17.9 Å². The van der Waals surface area contributed by atoms with Gasteiger partial charge in [0.25, 0.3) is 0 Å². The zero-order valence-corrected chi connectivity index (χ0v) is 18.1. The van der Waals surface area contributed by atoms with Gasteiger partial charge in [0.1, 0.15) is 17.0 Å². The van der Waals surface area contributed by atoms with E-state index in [0.29, 0.717) is 42.6 Å². The number of carbonyl (C=O) groups is 1. The van der Waals surface area contributed by atoms with Crippen molar-refractivity contribution in [1.29, 1.82) is 0 Å². The number of amides is 1. The molecule has 1 saturated heterocycles. The van der Waals surface area contributed by atoms with Crippen LogP contribution in [-0.4, -0.2) is 66.3 Å². The number of nitrogens with zero attached hydrogens (tertiary/aromatic N) is 3. The SMILES string of the molecule is COc1ccc(C)cc1S(=O)(=O)N1CCCC(C(=O)NCCSc2ncn[nH]2)C1. The Morgan fingerprint density at radius 3 is 3.00 bits per heavy atom. The molecule has 1 aliphatic rings. The molecule has 1 aromatic heterocycles.